The van der Waals surface area contributed by atoms with E-state index in [1.165, 1.54) is 32.1 Å². The number of aromatic amines is 1. The summed E-state index contributed by atoms with van der Waals surface area (Å²) in [5.74, 6) is 0. The van der Waals surface area contributed by atoms with Gasteiger partial charge in [0, 0.05) is 21.6 Å². The first-order chi connectivity index (χ1) is 12.8. The molecule has 0 radical (unpaired) electrons. The average molecular weight is 429 g/mol. The summed E-state index contributed by atoms with van der Waals surface area (Å²) >= 11 is 5.33. The maximum Gasteiger partial charge on any atom is 0.206 e. The van der Waals surface area contributed by atoms with Gasteiger partial charge in [-0.1, -0.05) is 53.4 Å². The summed E-state index contributed by atoms with van der Waals surface area (Å²) in [5, 5.41) is 6.89. The van der Waals surface area contributed by atoms with Crippen LogP contribution in [0.2, 0.25) is 0 Å². The largest absolute Gasteiger partial charge is 0.360 e. The van der Waals surface area contributed by atoms with Crippen LogP contribution in [0.15, 0.2) is 62.5 Å². The van der Waals surface area contributed by atoms with E-state index >= 15 is 0 Å². The summed E-state index contributed by atoms with van der Waals surface area (Å²) < 4.78 is 3.03. The second-order valence-corrected chi connectivity index (χ2v) is 8.18. The summed E-state index contributed by atoms with van der Waals surface area (Å²) in [6.45, 7) is 0. The fourth-order valence-corrected chi connectivity index (χ4v) is 4.65. The topological polar surface area (TPSA) is 45.4 Å². The number of hydrogen-bond donors (Lipinski definition) is 1. The van der Waals surface area contributed by atoms with E-state index in [0.29, 0.717) is 6.04 Å². The molecule has 0 bridgehead atoms. The maximum absolute atomic E-state index is 5.04. The van der Waals surface area contributed by atoms with Crippen molar-refractivity contribution in [2.75, 3.05) is 0 Å². The second kappa shape index (κ2) is 8.18. The fourth-order valence-electron chi connectivity index (χ4n) is 3.27. The van der Waals surface area contributed by atoms with Crippen LogP contribution in [0.5, 0.6) is 0 Å². The second-order valence-electron chi connectivity index (χ2n) is 6.49. The molecule has 0 saturated heterocycles. The monoisotopic (exact) mass is 428 g/mol. The quantitative estimate of drug-likeness (QED) is 0.539. The van der Waals surface area contributed by atoms with Gasteiger partial charge in [-0.2, -0.15) is 5.10 Å². The molecule has 3 aromatic rings. The minimum atomic E-state index is 0.418. The van der Waals surface area contributed by atoms with Crippen molar-refractivity contribution < 1.29 is 0 Å². The third-order valence-electron chi connectivity index (χ3n) is 4.64. The van der Waals surface area contributed by atoms with E-state index in [2.05, 4.69) is 44.5 Å². The number of rotatable bonds is 4. The van der Waals surface area contributed by atoms with Crippen LogP contribution in [0.4, 0.5) is 0 Å². The van der Waals surface area contributed by atoms with Gasteiger partial charge in [-0.25, -0.2) is 4.68 Å². The van der Waals surface area contributed by atoms with Crippen LogP contribution in [0.1, 0.15) is 37.8 Å². The van der Waals surface area contributed by atoms with Crippen molar-refractivity contribution >= 4 is 33.5 Å². The molecule has 2 aromatic heterocycles. The molecule has 1 N–H and O–H groups in total. The highest BCUT2D eigenvalue weighted by Crippen LogP contribution is 2.28. The molecule has 2 heterocycles. The van der Waals surface area contributed by atoms with Crippen LogP contribution in [0.3, 0.4) is 0 Å². The highest BCUT2D eigenvalue weighted by molar-refractivity contribution is 9.10. The molecular weight excluding hydrogens is 408 g/mol. The highest BCUT2D eigenvalue weighted by Gasteiger charge is 2.14. The van der Waals surface area contributed by atoms with Crippen LogP contribution in [0, 0.1) is 0 Å². The van der Waals surface area contributed by atoms with Gasteiger partial charge in [-0.05, 0) is 31.0 Å². The van der Waals surface area contributed by atoms with Gasteiger partial charge in [0.25, 0.3) is 0 Å². The number of halogens is 1. The van der Waals surface area contributed by atoms with Gasteiger partial charge in [0.05, 0.1) is 23.6 Å². The molecular formula is C20H21BrN4S. The molecule has 0 spiro atoms. The molecule has 26 heavy (non-hydrogen) atoms. The summed E-state index contributed by atoms with van der Waals surface area (Å²) in [4.78, 5) is 9.17. The molecule has 4 rings (SSSR count). The zero-order valence-corrected chi connectivity index (χ0v) is 16.8. The third kappa shape index (κ3) is 3.91. The van der Waals surface area contributed by atoms with E-state index in [9.17, 15) is 0 Å². The highest BCUT2D eigenvalue weighted by atomic mass is 79.9. The van der Waals surface area contributed by atoms with Gasteiger partial charge in [0.1, 0.15) is 0 Å². The van der Waals surface area contributed by atoms with Crippen molar-refractivity contribution in [2.45, 2.75) is 38.1 Å². The molecule has 1 aromatic carbocycles. The fraction of sp³-hybridized carbons (Fsp3) is 0.300. The molecule has 1 fully saturated rings. The molecule has 134 valence electrons. The van der Waals surface area contributed by atoms with Gasteiger partial charge in [0.2, 0.25) is 4.80 Å². The van der Waals surface area contributed by atoms with E-state index in [-0.39, 0.29) is 0 Å². The predicted molar refractivity (Wildman–Crippen MR) is 112 cm³/mol. The first kappa shape index (κ1) is 17.5. The number of hydrogen-bond acceptors (Lipinski definition) is 3. The van der Waals surface area contributed by atoms with Crippen molar-refractivity contribution in [3.8, 4) is 11.3 Å². The van der Waals surface area contributed by atoms with Crippen LogP contribution in [-0.4, -0.2) is 21.9 Å². The Bertz CT molecular complexity index is 946. The van der Waals surface area contributed by atoms with Gasteiger partial charge in [-0.15, -0.1) is 11.3 Å². The summed E-state index contributed by atoms with van der Waals surface area (Å²) in [5.41, 5.74) is 3.16. The molecule has 0 unspecified atom stereocenters. The SMILES string of the molecule is Brc1ccccc1-c1csc(=NC2CCCCC2)n1N=Cc1ccc[nH]1. The average Bonchev–Trinajstić information content (AvgIpc) is 3.31. The lowest BCUT2D eigenvalue weighted by molar-refractivity contribution is 0.435. The molecule has 0 aliphatic heterocycles. The minimum absolute atomic E-state index is 0.418. The third-order valence-corrected chi connectivity index (χ3v) is 6.16. The Morgan fingerprint density at radius 2 is 1.96 bits per heavy atom. The maximum atomic E-state index is 5.04. The lowest BCUT2D eigenvalue weighted by Gasteiger charge is -2.16. The van der Waals surface area contributed by atoms with E-state index < -0.39 is 0 Å². The molecule has 1 aliphatic carbocycles. The number of H-pyrrole nitrogens is 1. The molecule has 0 atom stereocenters. The minimum Gasteiger partial charge on any atom is -0.360 e. The van der Waals surface area contributed by atoms with Crippen molar-refractivity contribution in [3.63, 3.8) is 0 Å². The number of nitrogens with zero attached hydrogens (tertiary/aromatic N) is 3. The van der Waals surface area contributed by atoms with Crippen molar-refractivity contribution in [1.82, 2.24) is 9.66 Å². The van der Waals surface area contributed by atoms with E-state index in [1.807, 2.05) is 35.3 Å². The molecule has 1 aliphatic rings. The predicted octanol–water partition coefficient (Wildman–Crippen LogP) is 5.42. The van der Waals surface area contributed by atoms with Gasteiger partial charge in [-0.3, -0.25) is 4.99 Å². The Hall–Kier alpha value is -1.92. The molecule has 1 saturated carbocycles. The number of benzene rings is 1. The van der Waals surface area contributed by atoms with E-state index in [0.717, 1.165) is 26.2 Å². The summed E-state index contributed by atoms with van der Waals surface area (Å²) in [6.07, 6.45) is 10.0. The lowest BCUT2D eigenvalue weighted by Crippen LogP contribution is -2.19. The molecule has 4 nitrogen and oxygen atoms in total. The Morgan fingerprint density at radius 1 is 1.12 bits per heavy atom. The number of aromatic nitrogens is 2. The Balaban J connectivity index is 1.79. The van der Waals surface area contributed by atoms with Crippen molar-refractivity contribution in [3.05, 3.63) is 62.9 Å². The smallest absolute Gasteiger partial charge is 0.206 e. The Kier molecular flexibility index (Phi) is 5.51. The van der Waals surface area contributed by atoms with Crippen molar-refractivity contribution in [2.24, 2.45) is 10.1 Å². The van der Waals surface area contributed by atoms with Crippen molar-refractivity contribution in [1.29, 1.82) is 0 Å². The first-order valence-corrected chi connectivity index (χ1v) is 10.7. The Morgan fingerprint density at radius 3 is 2.73 bits per heavy atom. The van der Waals surface area contributed by atoms with Gasteiger partial charge >= 0.3 is 0 Å². The zero-order valence-electron chi connectivity index (χ0n) is 14.4. The number of nitrogens with one attached hydrogen (secondary N) is 1. The van der Waals surface area contributed by atoms with Gasteiger partial charge < -0.3 is 4.98 Å². The van der Waals surface area contributed by atoms with E-state index in [1.54, 1.807) is 11.3 Å². The number of thiazole rings is 1. The van der Waals surface area contributed by atoms with Gasteiger partial charge in [0.15, 0.2) is 0 Å². The summed E-state index contributed by atoms with van der Waals surface area (Å²) in [7, 11) is 0. The molecule has 6 heteroatoms. The normalized spacial score (nSPS) is 16.6. The van der Waals surface area contributed by atoms with Crippen LogP contribution >= 0.6 is 27.3 Å². The van der Waals surface area contributed by atoms with Crippen LogP contribution < -0.4 is 4.80 Å². The van der Waals surface area contributed by atoms with Crippen LogP contribution in [0.25, 0.3) is 11.3 Å². The first-order valence-electron chi connectivity index (χ1n) is 8.98. The standard InChI is InChI=1S/C20H21BrN4S/c21-18-11-5-4-10-17(18)19-14-26-20(24-15-7-2-1-3-8-15)25(19)23-13-16-9-6-12-22-16/h4-6,9-15,22H,1-3,7-8H2. The molecule has 0 amide bonds. The zero-order chi connectivity index (χ0) is 17.8. The Labute approximate surface area is 165 Å². The van der Waals surface area contributed by atoms with Crippen LogP contribution in [-0.2, 0) is 0 Å². The van der Waals surface area contributed by atoms with E-state index in [4.69, 9.17) is 10.1 Å². The lowest BCUT2D eigenvalue weighted by atomic mass is 9.96. The summed E-state index contributed by atoms with van der Waals surface area (Å²) in [6, 6.07) is 12.6.